The molecule has 0 saturated carbocycles. The fraction of sp³-hybridized carbons (Fsp3) is 0.400. The molecule has 12 heavy (non-hydrogen) atoms. The summed E-state index contributed by atoms with van der Waals surface area (Å²) in [4.78, 5) is 0. The molecule has 0 N–H and O–H groups in total. The van der Waals surface area contributed by atoms with Crippen molar-refractivity contribution in [3.8, 4) is 5.75 Å². The van der Waals surface area contributed by atoms with E-state index in [9.17, 15) is 0 Å². The van der Waals surface area contributed by atoms with Gasteiger partial charge in [0, 0.05) is 10.8 Å². The summed E-state index contributed by atoms with van der Waals surface area (Å²) in [5, 5.41) is 0.222. The van der Waals surface area contributed by atoms with E-state index >= 15 is 0 Å². The van der Waals surface area contributed by atoms with Crippen LogP contribution in [0.1, 0.15) is 23.3 Å². The molecule has 0 amide bonds. The quantitative estimate of drug-likeness (QED) is 0.692. The molecule has 0 aliphatic carbocycles. The second-order valence-corrected chi connectivity index (χ2v) is 3.65. The van der Waals surface area contributed by atoms with Crippen molar-refractivity contribution in [3.63, 3.8) is 0 Å². The van der Waals surface area contributed by atoms with Gasteiger partial charge in [0.15, 0.2) is 0 Å². The van der Waals surface area contributed by atoms with Crippen LogP contribution in [0.2, 0.25) is 0 Å². The summed E-state index contributed by atoms with van der Waals surface area (Å²) in [6.07, 6.45) is 0. The van der Waals surface area contributed by atoms with Crippen molar-refractivity contribution in [2.45, 2.75) is 19.1 Å². The Hall–Kier alpha value is -0.630. The summed E-state index contributed by atoms with van der Waals surface area (Å²) >= 11 is 4.38. The Kier molecular flexibility index (Phi) is 3.04. The molecule has 0 spiro atoms. The van der Waals surface area contributed by atoms with E-state index in [0.717, 1.165) is 16.9 Å². The molecule has 1 unspecified atom stereocenters. The van der Waals surface area contributed by atoms with E-state index in [2.05, 4.69) is 12.6 Å². The van der Waals surface area contributed by atoms with Gasteiger partial charge in [0.05, 0.1) is 7.11 Å². The third kappa shape index (κ3) is 1.75. The lowest BCUT2D eigenvalue weighted by Gasteiger charge is -2.12. The molecule has 1 atom stereocenters. The maximum absolute atomic E-state index is 5.29. The summed E-state index contributed by atoms with van der Waals surface area (Å²) in [6.45, 7) is 4.08. The van der Waals surface area contributed by atoms with E-state index in [0.29, 0.717) is 0 Å². The number of hydrogen-bond donors (Lipinski definition) is 1. The molecule has 0 aliphatic heterocycles. The first-order valence-corrected chi connectivity index (χ1v) is 4.50. The molecule has 0 saturated heterocycles. The van der Waals surface area contributed by atoms with Crippen LogP contribution in [0.4, 0.5) is 0 Å². The van der Waals surface area contributed by atoms with Crippen LogP contribution in [-0.2, 0) is 0 Å². The van der Waals surface area contributed by atoms with E-state index in [1.54, 1.807) is 7.11 Å². The van der Waals surface area contributed by atoms with Crippen LogP contribution in [0.15, 0.2) is 18.2 Å². The average molecular weight is 182 g/mol. The van der Waals surface area contributed by atoms with Gasteiger partial charge < -0.3 is 4.74 Å². The lowest BCUT2D eigenvalue weighted by Crippen LogP contribution is -1.94. The van der Waals surface area contributed by atoms with E-state index < -0.39 is 0 Å². The van der Waals surface area contributed by atoms with Gasteiger partial charge in [-0.15, -0.1) is 0 Å². The number of aryl methyl sites for hydroxylation is 1. The normalized spacial score (nSPS) is 12.7. The Balaban J connectivity index is 3.18. The fourth-order valence-corrected chi connectivity index (χ4v) is 1.49. The number of thiol groups is 1. The van der Waals surface area contributed by atoms with Gasteiger partial charge >= 0.3 is 0 Å². The van der Waals surface area contributed by atoms with Crippen LogP contribution < -0.4 is 4.74 Å². The van der Waals surface area contributed by atoms with Crippen LogP contribution in [0.3, 0.4) is 0 Å². The minimum atomic E-state index is 0.222. The van der Waals surface area contributed by atoms with Crippen molar-refractivity contribution >= 4 is 12.6 Å². The minimum Gasteiger partial charge on any atom is -0.496 e. The minimum absolute atomic E-state index is 0.222. The van der Waals surface area contributed by atoms with Crippen molar-refractivity contribution in [1.29, 1.82) is 0 Å². The van der Waals surface area contributed by atoms with Gasteiger partial charge in [-0.25, -0.2) is 0 Å². The predicted octanol–water partition coefficient (Wildman–Crippen LogP) is 2.99. The topological polar surface area (TPSA) is 9.23 Å². The predicted molar refractivity (Wildman–Crippen MR) is 55.1 cm³/mol. The van der Waals surface area contributed by atoms with E-state index in [4.69, 9.17) is 4.74 Å². The lowest BCUT2D eigenvalue weighted by atomic mass is 10.1. The Labute approximate surface area is 79.2 Å². The molecule has 1 aromatic carbocycles. The second kappa shape index (κ2) is 3.85. The molecule has 0 aliphatic rings. The molecule has 0 radical (unpaired) electrons. The van der Waals surface area contributed by atoms with Crippen LogP contribution in [0, 0.1) is 6.92 Å². The van der Waals surface area contributed by atoms with Crippen molar-refractivity contribution in [3.05, 3.63) is 29.3 Å². The first-order valence-electron chi connectivity index (χ1n) is 3.98. The van der Waals surface area contributed by atoms with Crippen LogP contribution in [0.5, 0.6) is 5.75 Å². The maximum atomic E-state index is 5.29. The van der Waals surface area contributed by atoms with Gasteiger partial charge in [-0.2, -0.15) is 12.6 Å². The van der Waals surface area contributed by atoms with Crippen molar-refractivity contribution in [1.82, 2.24) is 0 Å². The largest absolute Gasteiger partial charge is 0.496 e. The van der Waals surface area contributed by atoms with Gasteiger partial charge in [0.25, 0.3) is 0 Å². The first-order chi connectivity index (χ1) is 5.66. The summed E-state index contributed by atoms with van der Waals surface area (Å²) in [7, 11) is 1.70. The molecule has 1 rings (SSSR count). The highest BCUT2D eigenvalue weighted by Gasteiger charge is 2.08. The molecular formula is C10H14OS. The number of benzene rings is 1. The molecule has 1 aromatic rings. The highest BCUT2D eigenvalue weighted by molar-refractivity contribution is 7.80. The summed E-state index contributed by atoms with van der Waals surface area (Å²) in [6, 6.07) is 6.11. The van der Waals surface area contributed by atoms with Gasteiger partial charge in [0.1, 0.15) is 5.75 Å². The molecular weight excluding hydrogens is 168 g/mol. The van der Waals surface area contributed by atoms with E-state index in [1.807, 2.05) is 32.0 Å². The molecule has 0 fully saturated rings. The second-order valence-electron chi connectivity index (χ2n) is 2.87. The fourth-order valence-electron chi connectivity index (χ4n) is 1.28. The van der Waals surface area contributed by atoms with E-state index in [-0.39, 0.29) is 5.25 Å². The average Bonchev–Trinajstić information content (AvgIpc) is 2.03. The molecule has 2 heteroatoms. The number of ether oxygens (including phenoxy) is 1. The summed E-state index contributed by atoms with van der Waals surface area (Å²) < 4.78 is 5.29. The third-order valence-corrected chi connectivity index (χ3v) is 2.17. The van der Waals surface area contributed by atoms with Crippen LogP contribution in [0.25, 0.3) is 0 Å². The number of para-hydroxylation sites is 1. The van der Waals surface area contributed by atoms with Crippen LogP contribution in [-0.4, -0.2) is 7.11 Å². The van der Waals surface area contributed by atoms with Crippen molar-refractivity contribution in [2.75, 3.05) is 7.11 Å². The van der Waals surface area contributed by atoms with Crippen molar-refractivity contribution < 1.29 is 4.74 Å². The maximum Gasteiger partial charge on any atom is 0.126 e. The highest BCUT2D eigenvalue weighted by atomic mass is 32.1. The monoisotopic (exact) mass is 182 g/mol. The molecule has 0 aromatic heterocycles. The Morgan fingerprint density at radius 2 is 2.08 bits per heavy atom. The summed E-state index contributed by atoms with van der Waals surface area (Å²) in [5.74, 6) is 0.958. The van der Waals surface area contributed by atoms with Gasteiger partial charge in [-0.05, 0) is 19.4 Å². The number of methoxy groups -OCH3 is 1. The first kappa shape index (κ1) is 9.46. The smallest absolute Gasteiger partial charge is 0.126 e. The zero-order valence-electron chi connectivity index (χ0n) is 7.66. The molecule has 0 heterocycles. The lowest BCUT2D eigenvalue weighted by molar-refractivity contribution is 0.407. The third-order valence-electron chi connectivity index (χ3n) is 1.90. The zero-order chi connectivity index (χ0) is 9.14. The van der Waals surface area contributed by atoms with Gasteiger partial charge in [0.2, 0.25) is 0 Å². The molecule has 66 valence electrons. The van der Waals surface area contributed by atoms with Gasteiger partial charge in [-0.1, -0.05) is 18.2 Å². The number of rotatable bonds is 2. The Bertz CT molecular complexity index is 269. The zero-order valence-corrected chi connectivity index (χ0v) is 8.56. The van der Waals surface area contributed by atoms with Gasteiger partial charge in [-0.3, -0.25) is 0 Å². The van der Waals surface area contributed by atoms with Crippen LogP contribution >= 0.6 is 12.6 Å². The van der Waals surface area contributed by atoms with Crippen molar-refractivity contribution in [2.24, 2.45) is 0 Å². The highest BCUT2D eigenvalue weighted by Crippen LogP contribution is 2.31. The Morgan fingerprint density at radius 3 is 2.50 bits per heavy atom. The van der Waals surface area contributed by atoms with E-state index in [1.165, 1.54) is 0 Å². The number of hydrogen-bond acceptors (Lipinski definition) is 2. The summed E-state index contributed by atoms with van der Waals surface area (Å²) in [5.41, 5.74) is 2.32. The SMILES string of the molecule is COc1c(C)cccc1C(C)S. The Morgan fingerprint density at radius 1 is 1.42 bits per heavy atom. The standard InChI is InChI=1S/C10H14OS/c1-7-5-4-6-9(8(2)12)10(7)11-3/h4-6,8,12H,1-3H3. The molecule has 0 bridgehead atoms. The molecule has 1 nitrogen and oxygen atoms in total.